The number of H-pyrrole nitrogens is 1. The molecule has 22 heteroatoms. The molecular formula is C45H81N11O10S. The lowest BCUT2D eigenvalue weighted by atomic mass is 9.93. The lowest BCUT2D eigenvalue weighted by Crippen LogP contribution is -2.49. The van der Waals surface area contributed by atoms with E-state index in [-0.39, 0.29) is 98.9 Å². The Kier molecular flexibility index (Phi) is 29.5. The van der Waals surface area contributed by atoms with Crippen molar-refractivity contribution < 1.29 is 48.6 Å². The van der Waals surface area contributed by atoms with Gasteiger partial charge in [-0.1, -0.05) is 54.9 Å². The molecule has 0 radical (unpaired) electrons. The number of carbonyl (C=O) groups is 8. The van der Waals surface area contributed by atoms with Gasteiger partial charge in [0.25, 0.3) is 0 Å². The highest BCUT2D eigenvalue weighted by molar-refractivity contribution is 7.80. The van der Waals surface area contributed by atoms with Crippen LogP contribution in [0.3, 0.4) is 0 Å². The number of unbranched alkanes of at least 4 members (excludes halogenated alkanes) is 1. The molecule has 0 aromatic carbocycles. The van der Waals surface area contributed by atoms with Crippen LogP contribution < -0.4 is 48.7 Å². The van der Waals surface area contributed by atoms with Gasteiger partial charge in [-0.25, -0.2) is 4.98 Å². The van der Waals surface area contributed by atoms with Crippen LogP contribution in [0.5, 0.6) is 0 Å². The fourth-order valence-corrected chi connectivity index (χ4v) is 7.36. The molecular weight excluding hydrogens is 887 g/mol. The van der Waals surface area contributed by atoms with Gasteiger partial charge in [0.05, 0.1) is 43.2 Å². The van der Waals surface area contributed by atoms with Gasteiger partial charge in [-0.3, -0.25) is 38.4 Å². The highest BCUT2D eigenvalue weighted by Gasteiger charge is 2.30. The molecule has 1 heterocycles. The summed E-state index contributed by atoms with van der Waals surface area (Å²) in [4.78, 5) is 110. The van der Waals surface area contributed by atoms with Gasteiger partial charge in [0, 0.05) is 93.5 Å². The van der Waals surface area contributed by atoms with E-state index < -0.39 is 78.3 Å². The van der Waals surface area contributed by atoms with Crippen LogP contribution in [0.15, 0.2) is 12.5 Å². The fraction of sp³-hybridized carbons (Fsp3) is 0.756. The van der Waals surface area contributed by atoms with Crippen LogP contribution in [-0.2, 0) is 44.8 Å². The molecule has 14 N–H and O–H groups in total. The number of aliphatic carboxylic acids is 1. The number of carboxylic acids is 1. The highest BCUT2D eigenvalue weighted by Crippen LogP contribution is 2.16. The van der Waals surface area contributed by atoms with Gasteiger partial charge in [0.1, 0.15) is 0 Å². The normalized spacial score (nSPS) is 15.0. The predicted molar refractivity (Wildman–Crippen MR) is 257 cm³/mol. The Morgan fingerprint density at radius 2 is 1.31 bits per heavy atom. The number of carboxylic acid groups (broad SMARTS) is 1. The summed E-state index contributed by atoms with van der Waals surface area (Å²) in [7, 11) is 0. The zero-order chi connectivity index (χ0) is 50.6. The molecule has 0 aliphatic carbocycles. The maximum absolute atomic E-state index is 13.8. The van der Waals surface area contributed by atoms with Crippen LogP contribution in [0.1, 0.15) is 112 Å². The van der Waals surface area contributed by atoms with Gasteiger partial charge >= 0.3 is 5.97 Å². The largest absolute Gasteiger partial charge is 0.481 e. The van der Waals surface area contributed by atoms with E-state index in [1.165, 1.54) is 6.33 Å². The van der Waals surface area contributed by atoms with Crippen LogP contribution in [-0.4, -0.2) is 136 Å². The number of imidazole rings is 1. The van der Waals surface area contributed by atoms with Crippen molar-refractivity contribution >= 4 is 59.9 Å². The topological polar surface area (TPSA) is 342 Å². The van der Waals surface area contributed by atoms with Crippen molar-refractivity contribution in [1.82, 2.24) is 47.2 Å². The van der Waals surface area contributed by atoms with E-state index in [9.17, 15) is 43.5 Å². The van der Waals surface area contributed by atoms with Gasteiger partial charge in [0.15, 0.2) is 0 Å². The number of nitrogens with one attached hydrogen (secondary N) is 8. The minimum atomic E-state index is -1.11. The predicted octanol–water partition coefficient (Wildman–Crippen LogP) is -0.120. The van der Waals surface area contributed by atoms with Crippen molar-refractivity contribution in [3.63, 3.8) is 0 Å². The molecule has 8 atom stereocenters. The average Bonchev–Trinajstić information content (AvgIpc) is 3.75. The third-order valence-electron chi connectivity index (χ3n) is 11.2. The van der Waals surface area contributed by atoms with Crippen molar-refractivity contribution in [2.75, 3.05) is 38.5 Å². The van der Waals surface area contributed by atoms with Crippen LogP contribution in [0.2, 0.25) is 0 Å². The highest BCUT2D eigenvalue weighted by atomic mass is 32.1. The van der Waals surface area contributed by atoms with Crippen molar-refractivity contribution in [1.29, 1.82) is 0 Å². The number of carbonyl (C=O) groups excluding carboxylic acids is 7. The second kappa shape index (κ2) is 32.8. The summed E-state index contributed by atoms with van der Waals surface area (Å²) in [5, 5.41) is 38.6. The number of amides is 7. The molecule has 0 unspecified atom stereocenters. The number of aromatic amines is 1. The number of hydrogen-bond acceptors (Lipinski definition) is 13. The second-order valence-corrected chi connectivity index (χ2v) is 19.0. The molecule has 0 aliphatic rings. The fourth-order valence-electron chi connectivity index (χ4n) is 7.14. The molecule has 0 spiro atoms. The maximum Gasteiger partial charge on any atom is 0.305 e. The van der Waals surface area contributed by atoms with Crippen LogP contribution in [0.25, 0.3) is 0 Å². The second-order valence-electron chi connectivity index (χ2n) is 18.6. The monoisotopic (exact) mass is 968 g/mol. The minimum Gasteiger partial charge on any atom is -0.481 e. The Hall–Kier alpha value is -4.80. The Labute approximate surface area is 401 Å². The SMILES string of the molecule is CC(C)C[C@H](CNC(=O)C[C@H](CCCCN)NC(=O)[C@H](CNC(=O)C[C@@H](NC(=O)[C@H](C)CNC(=O)C[C@@H](N)Cc1cnc[nH]1)C(C)C)C(C)C)C(=O)N[C@@H](CO)CC(=O)N[C@@H](CS)CC(=O)O. The number of aliphatic hydroxyl groups excluding tert-OH is 1. The summed E-state index contributed by atoms with van der Waals surface area (Å²) in [6.07, 6.45) is 5.04. The third-order valence-corrected chi connectivity index (χ3v) is 11.6. The zero-order valence-electron chi connectivity index (χ0n) is 40.5. The molecule has 1 aromatic rings. The number of thiol groups is 1. The molecule has 382 valence electrons. The average molecular weight is 968 g/mol. The van der Waals surface area contributed by atoms with E-state index in [2.05, 4.69) is 59.8 Å². The molecule has 0 saturated heterocycles. The number of hydrogen-bond donors (Lipinski definition) is 13. The number of rotatable bonds is 35. The summed E-state index contributed by atoms with van der Waals surface area (Å²) in [5.74, 6) is -6.05. The molecule has 0 aliphatic heterocycles. The molecule has 1 rings (SSSR count). The molecule has 67 heavy (non-hydrogen) atoms. The summed E-state index contributed by atoms with van der Waals surface area (Å²) >= 11 is 4.08. The molecule has 0 saturated carbocycles. The Balaban J connectivity index is 2.84. The van der Waals surface area contributed by atoms with Crippen molar-refractivity contribution in [3.05, 3.63) is 18.2 Å². The van der Waals surface area contributed by atoms with Crippen LogP contribution >= 0.6 is 12.6 Å². The standard InChI is InChI=1S/C45H81N11O10S/c1-26(2)12-30(44(65)55-34(23-57)16-41(61)53-35(24-67)17-42(62)63)20-50-39(59)15-32(10-8-9-11-46)54-45(66)36(27(3)4)22-51-40(60)18-37(28(5)6)56-43(64)29(7)19-49-38(58)14-31(47)13-33-21-48-25-52-33/h21,25-32,34-37,57,67H,8-20,22-24,46-47H2,1-7H3,(H,48,52)(H,49,58)(H,50,59)(H,51,60)(H,53,61)(H,54,66)(H,55,65)(H,56,64)(H,62,63)/t29-,30-,31+,32+,34-,35-,36-,37-/m1/s1. The first kappa shape index (κ1) is 60.2. The van der Waals surface area contributed by atoms with E-state index in [1.807, 2.05) is 41.5 Å². The van der Waals surface area contributed by atoms with Gasteiger partial charge in [-0.15, -0.1) is 0 Å². The Morgan fingerprint density at radius 3 is 1.88 bits per heavy atom. The maximum atomic E-state index is 13.8. The van der Waals surface area contributed by atoms with Gasteiger partial charge in [0.2, 0.25) is 41.4 Å². The van der Waals surface area contributed by atoms with Gasteiger partial charge < -0.3 is 63.9 Å². The van der Waals surface area contributed by atoms with Crippen molar-refractivity contribution in [2.24, 2.45) is 47.0 Å². The van der Waals surface area contributed by atoms with Gasteiger partial charge in [-0.05, 0) is 43.6 Å². The van der Waals surface area contributed by atoms with Crippen LogP contribution in [0, 0.1) is 35.5 Å². The van der Waals surface area contributed by atoms with Gasteiger partial charge in [-0.2, -0.15) is 12.6 Å². The van der Waals surface area contributed by atoms with E-state index in [0.717, 1.165) is 5.69 Å². The lowest BCUT2D eigenvalue weighted by molar-refractivity contribution is -0.138. The zero-order valence-corrected chi connectivity index (χ0v) is 41.4. The Bertz CT molecular complexity index is 1680. The number of nitrogens with zero attached hydrogens (tertiary/aromatic N) is 1. The molecule has 21 nitrogen and oxygen atoms in total. The summed E-state index contributed by atoms with van der Waals surface area (Å²) in [6, 6.07) is -3.23. The van der Waals surface area contributed by atoms with Crippen LogP contribution in [0.4, 0.5) is 0 Å². The number of nitrogens with two attached hydrogens (primary N) is 2. The number of aromatic nitrogens is 2. The number of aliphatic hydroxyl groups is 1. The first-order valence-corrected chi connectivity index (χ1v) is 24.1. The van der Waals surface area contributed by atoms with Crippen molar-refractivity contribution in [3.8, 4) is 0 Å². The van der Waals surface area contributed by atoms with E-state index in [4.69, 9.17) is 16.6 Å². The summed E-state index contributed by atoms with van der Waals surface area (Å²) in [6.45, 7) is 12.9. The lowest BCUT2D eigenvalue weighted by Gasteiger charge is -2.27. The van der Waals surface area contributed by atoms with Crippen molar-refractivity contribution in [2.45, 2.75) is 143 Å². The first-order chi connectivity index (χ1) is 31.6. The summed E-state index contributed by atoms with van der Waals surface area (Å²) < 4.78 is 0. The molecule has 0 bridgehead atoms. The summed E-state index contributed by atoms with van der Waals surface area (Å²) in [5.41, 5.74) is 12.6. The minimum absolute atomic E-state index is 0.00828. The first-order valence-electron chi connectivity index (χ1n) is 23.5. The molecule has 7 amide bonds. The smallest absolute Gasteiger partial charge is 0.305 e. The molecule has 0 fully saturated rings. The quantitative estimate of drug-likeness (QED) is 0.0312. The van der Waals surface area contributed by atoms with E-state index in [0.29, 0.717) is 38.6 Å². The van der Waals surface area contributed by atoms with E-state index >= 15 is 0 Å². The third kappa shape index (κ3) is 26.4. The Morgan fingerprint density at radius 1 is 0.701 bits per heavy atom. The van der Waals surface area contributed by atoms with E-state index in [1.54, 1.807) is 13.1 Å². The molecule has 1 aromatic heterocycles.